The number of hydrogen-bond acceptors (Lipinski definition) is 3. The molecule has 1 aromatic carbocycles. The van der Waals surface area contributed by atoms with Crippen LogP contribution in [0.5, 0.6) is 0 Å². The predicted octanol–water partition coefficient (Wildman–Crippen LogP) is 2.40. The molecular formula is C17H26ClN3O. The predicted molar refractivity (Wildman–Crippen MR) is 91.1 cm³/mol. The first-order chi connectivity index (χ1) is 10.5. The second-order valence-corrected chi connectivity index (χ2v) is 6.74. The normalized spacial score (nSPS) is 18.4. The minimum Gasteiger partial charge on any atom is -0.354 e. The topological polar surface area (TPSA) is 35.6 Å². The Morgan fingerprint density at radius 1 is 1.18 bits per heavy atom. The third-order valence-corrected chi connectivity index (χ3v) is 4.48. The summed E-state index contributed by atoms with van der Waals surface area (Å²) in [4.78, 5) is 16.7. The Morgan fingerprint density at radius 2 is 1.77 bits per heavy atom. The molecular weight excluding hydrogens is 298 g/mol. The highest BCUT2D eigenvalue weighted by molar-refractivity contribution is 6.30. The number of benzene rings is 1. The van der Waals surface area contributed by atoms with Crippen LogP contribution in [-0.4, -0.2) is 55.5 Å². The monoisotopic (exact) mass is 323 g/mol. The molecule has 1 aliphatic rings. The summed E-state index contributed by atoms with van der Waals surface area (Å²) >= 11 is 6.00. The van der Waals surface area contributed by atoms with Gasteiger partial charge in [0.25, 0.3) is 0 Å². The van der Waals surface area contributed by atoms with Gasteiger partial charge in [-0.2, -0.15) is 0 Å². The number of amides is 1. The maximum absolute atomic E-state index is 11.9. The first-order valence-corrected chi connectivity index (χ1v) is 8.31. The van der Waals surface area contributed by atoms with Gasteiger partial charge in [0, 0.05) is 43.7 Å². The Hall–Kier alpha value is -1.10. The van der Waals surface area contributed by atoms with Crippen molar-refractivity contribution >= 4 is 17.5 Å². The van der Waals surface area contributed by atoms with Crippen molar-refractivity contribution in [2.75, 3.05) is 39.8 Å². The van der Waals surface area contributed by atoms with E-state index in [4.69, 9.17) is 11.6 Å². The summed E-state index contributed by atoms with van der Waals surface area (Å²) in [6.45, 7) is 8.63. The Kier molecular flexibility index (Phi) is 6.24. The average Bonchev–Trinajstić information content (AvgIpc) is 2.50. The Morgan fingerprint density at radius 3 is 2.32 bits per heavy atom. The summed E-state index contributed by atoms with van der Waals surface area (Å²) in [6, 6.07) is 8.17. The third kappa shape index (κ3) is 4.70. The molecule has 0 aliphatic carbocycles. The van der Waals surface area contributed by atoms with E-state index in [0.717, 1.165) is 31.2 Å². The maximum Gasteiger partial charge on any atom is 0.222 e. The molecule has 122 valence electrons. The van der Waals surface area contributed by atoms with Crippen molar-refractivity contribution in [1.29, 1.82) is 0 Å². The van der Waals surface area contributed by atoms with Crippen molar-refractivity contribution in [3.05, 3.63) is 34.9 Å². The van der Waals surface area contributed by atoms with Crippen LogP contribution in [0.4, 0.5) is 0 Å². The zero-order chi connectivity index (χ0) is 16.1. The van der Waals surface area contributed by atoms with E-state index in [9.17, 15) is 4.79 Å². The van der Waals surface area contributed by atoms with Crippen molar-refractivity contribution in [2.45, 2.75) is 19.9 Å². The number of hydrogen-bond donors (Lipinski definition) is 1. The Labute approximate surface area is 138 Å². The number of carbonyl (C=O) groups excluding carboxylic acids is 1. The lowest BCUT2D eigenvalue weighted by molar-refractivity contribution is -0.124. The van der Waals surface area contributed by atoms with Crippen molar-refractivity contribution in [2.24, 2.45) is 5.92 Å². The van der Waals surface area contributed by atoms with Crippen LogP contribution in [0.25, 0.3) is 0 Å². The molecule has 0 saturated carbocycles. The Bertz CT molecular complexity index is 481. The zero-order valence-corrected chi connectivity index (χ0v) is 14.4. The maximum atomic E-state index is 11.9. The van der Waals surface area contributed by atoms with Gasteiger partial charge in [0.1, 0.15) is 0 Å². The van der Waals surface area contributed by atoms with Crippen LogP contribution in [-0.2, 0) is 4.79 Å². The molecule has 22 heavy (non-hydrogen) atoms. The molecule has 1 saturated heterocycles. The summed E-state index contributed by atoms with van der Waals surface area (Å²) in [7, 11) is 2.15. The number of carbonyl (C=O) groups is 1. The smallest absolute Gasteiger partial charge is 0.222 e. The second-order valence-electron chi connectivity index (χ2n) is 6.31. The second kappa shape index (κ2) is 7.95. The minimum atomic E-state index is 0.0124. The molecule has 0 aromatic heterocycles. The van der Waals surface area contributed by atoms with Gasteiger partial charge < -0.3 is 10.2 Å². The van der Waals surface area contributed by atoms with Crippen LogP contribution in [0.15, 0.2) is 24.3 Å². The summed E-state index contributed by atoms with van der Waals surface area (Å²) in [5.41, 5.74) is 1.21. The molecule has 1 unspecified atom stereocenters. The number of nitrogens with zero attached hydrogens (tertiary/aromatic N) is 2. The summed E-state index contributed by atoms with van der Waals surface area (Å²) in [5.74, 6) is 0.117. The summed E-state index contributed by atoms with van der Waals surface area (Å²) in [6.07, 6.45) is 0. The van der Waals surface area contributed by atoms with Gasteiger partial charge in [0.15, 0.2) is 0 Å². The molecule has 4 nitrogen and oxygen atoms in total. The fraction of sp³-hybridized carbons (Fsp3) is 0.588. The van der Waals surface area contributed by atoms with Gasteiger partial charge in [-0.15, -0.1) is 0 Å². The van der Waals surface area contributed by atoms with Crippen LogP contribution in [0.1, 0.15) is 25.5 Å². The van der Waals surface area contributed by atoms with Gasteiger partial charge in [-0.1, -0.05) is 37.6 Å². The molecule has 1 aromatic rings. The van der Waals surface area contributed by atoms with Crippen molar-refractivity contribution in [3.8, 4) is 0 Å². The lowest BCUT2D eigenvalue weighted by Crippen LogP contribution is -2.48. The van der Waals surface area contributed by atoms with E-state index >= 15 is 0 Å². The van der Waals surface area contributed by atoms with E-state index in [1.165, 1.54) is 5.56 Å². The molecule has 1 amide bonds. The van der Waals surface area contributed by atoms with Gasteiger partial charge in [-0.25, -0.2) is 0 Å². The number of likely N-dealkylation sites (N-methyl/N-ethyl adjacent to an activating group) is 1. The van der Waals surface area contributed by atoms with Gasteiger partial charge in [0.05, 0.1) is 6.04 Å². The summed E-state index contributed by atoms with van der Waals surface area (Å²) < 4.78 is 0. The van der Waals surface area contributed by atoms with Gasteiger partial charge in [0.2, 0.25) is 5.91 Å². The third-order valence-electron chi connectivity index (χ3n) is 4.23. The standard InChI is InChI=1S/C17H26ClN3O/c1-13(2)17(22)19-12-16(14-4-6-15(18)7-5-14)21-10-8-20(3)9-11-21/h4-7,13,16H,8-12H2,1-3H3,(H,19,22). The number of nitrogens with one attached hydrogen (secondary N) is 1. The molecule has 0 spiro atoms. The average molecular weight is 324 g/mol. The molecule has 0 radical (unpaired) electrons. The molecule has 0 bridgehead atoms. The zero-order valence-electron chi connectivity index (χ0n) is 13.7. The highest BCUT2D eigenvalue weighted by Crippen LogP contribution is 2.23. The summed E-state index contributed by atoms with van der Waals surface area (Å²) in [5, 5.41) is 3.82. The van der Waals surface area contributed by atoms with Gasteiger partial charge in [-0.05, 0) is 24.7 Å². The van der Waals surface area contributed by atoms with E-state index in [-0.39, 0.29) is 17.9 Å². The van der Waals surface area contributed by atoms with Crippen molar-refractivity contribution in [3.63, 3.8) is 0 Å². The van der Waals surface area contributed by atoms with Crippen LogP contribution in [0.3, 0.4) is 0 Å². The number of rotatable bonds is 5. The van der Waals surface area contributed by atoms with Gasteiger partial charge >= 0.3 is 0 Å². The van der Waals surface area contributed by atoms with Crippen molar-refractivity contribution in [1.82, 2.24) is 15.1 Å². The molecule has 2 rings (SSSR count). The van der Waals surface area contributed by atoms with E-state index in [1.54, 1.807) is 0 Å². The highest BCUT2D eigenvalue weighted by atomic mass is 35.5. The van der Waals surface area contributed by atoms with Crippen molar-refractivity contribution < 1.29 is 4.79 Å². The largest absolute Gasteiger partial charge is 0.354 e. The molecule has 1 atom stereocenters. The van der Waals surface area contributed by atoms with Crippen LogP contribution >= 0.6 is 11.6 Å². The Balaban J connectivity index is 2.09. The number of halogens is 1. The number of piperazine rings is 1. The fourth-order valence-electron chi connectivity index (χ4n) is 2.68. The molecule has 1 N–H and O–H groups in total. The minimum absolute atomic E-state index is 0.0124. The van der Waals surface area contributed by atoms with Crippen LogP contribution < -0.4 is 5.32 Å². The highest BCUT2D eigenvalue weighted by Gasteiger charge is 2.24. The lowest BCUT2D eigenvalue weighted by atomic mass is 10.0. The van der Waals surface area contributed by atoms with E-state index in [0.29, 0.717) is 6.54 Å². The van der Waals surface area contributed by atoms with E-state index < -0.39 is 0 Å². The molecule has 1 heterocycles. The first kappa shape index (κ1) is 17.3. The molecule has 5 heteroatoms. The molecule has 1 aliphatic heterocycles. The van der Waals surface area contributed by atoms with Gasteiger partial charge in [-0.3, -0.25) is 9.69 Å². The van der Waals surface area contributed by atoms with E-state index in [2.05, 4.69) is 34.3 Å². The quantitative estimate of drug-likeness (QED) is 0.904. The lowest BCUT2D eigenvalue weighted by Gasteiger charge is -2.38. The molecule has 1 fully saturated rings. The fourth-order valence-corrected chi connectivity index (χ4v) is 2.80. The van der Waals surface area contributed by atoms with Crippen LogP contribution in [0.2, 0.25) is 5.02 Å². The van der Waals surface area contributed by atoms with E-state index in [1.807, 2.05) is 26.0 Å². The SMILES string of the molecule is CC(C)C(=O)NCC(c1ccc(Cl)cc1)N1CCN(C)CC1. The van der Waals surface area contributed by atoms with Crippen LogP contribution in [0, 0.1) is 5.92 Å². The first-order valence-electron chi connectivity index (χ1n) is 7.93.